The fourth-order valence-corrected chi connectivity index (χ4v) is 1.41. The molecule has 0 saturated heterocycles. The summed E-state index contributed by atoms with van der Waals surface area (Å²) in [7, 11) is -3.31. The number of aromatic nitrogens is 1. The smallest absolute Gasteiger partial charge is 0.505 e. The van der Waals surface area contributed by atoms with E-state index in [-0.39, 0.29) is 17.0 Å². The number of hydrogen-bond acceptors (Lipinski definition) is 6. The Kier molecular flexibility index (Phi) is 3.64. The SMILES string of the molecule is COP(=O)(O)Oc1cnc(C)c(O)c1C=O. The summed E-state index contributed by atoms with van der Waals surface area (Å²) < 4.78 is 19.8. The van der Waals surface area contributed by atoms with Crippen molar-refractivity contribution in [2.24, 2.45) is 0 Å². The molecule has 0 spiro atoms. The van der Waals surface area contributed by atoms with Gasteiger partial charge in [0.05, 0.1) is 11.9 Å². The molecule has 0 aliphatic rings. The summed E-state index contributed by atoms with van der Waals surface area (Å²) in [6.45, 7) is 1.47. The molecular weight excluding hydrogens is 237 g/mol. The van der Waals surface area contributed by atoms with Crippen LogP contribution >= 0.6 is 7.82 Å². The molecule has 1 unspecified atom stereocenters. The van der Waals surface area contributed by atoms with Gasteiger partial charge in [-0.05, 0) is 6.92 Å². The highest BCUT2D eigenvalue weighted by Gasteiger charge is 2.24. The number of carbonyl (C=O) groups is 1. The number of hydrogen-bond donors (Lipinski definition) is 2. The van der Waals surface area contributed by atoms with Crippen LogP contribution in [0, 0.1) is 6.92 Å². The van der Waals surface area contributed by atoms with Gasteiger partial charge in [0.1, 0.15) is 5.56 Å². The molecule has 2 N–H and O–H groups in total. The molecule has 7 nitrogen and oxygen atoms in total. The molecule has 1 rings (SSSR count). The van der Waals surface area contributed by atoms with Gasteiger partial charge in [-0.1, -0.05) is 0 Å². The van der Waals surface area contributed by atoms with Crippen molar-refractivity contribution in [3.63, 3.8) is 0 Å². The second-order valence-corrected chi connectivity index (χ2v) is 4.32. The molecule has 16 heavy (non-hydrogen) atoms. The predicted octanol–water partition coefficient (Wildman–Crippen LogP) is 1.03. The third kappa shape index (κ3) is 2.57. The fourth-order valence-electron chi connectivity index (χ4n) is 0.946. The Balaban J connectivity index is 3.20. The topological polar surface area (TPSA) is 106 Å². The van der Waals surface area contributed by atoms with Crippen molar-refractivity contribution in [2.75, 3.05) is 7.11 Å². The number of aldehydes is 1. The van der Waals surface area contributed by atoms with Crippen molar-refractivity contribution >= 4 is 14.1 Å². The molecule has 1 atom stereocenters. The normalized spacial score (nSPS) is 14.2. The van der Waals surface area contributed by atoms with E-state index < -0.39 is 13.6 Å². The van der Waals surface area contributed by atoms with Crippen LogP contribution in [-0.2, 0) is 9.09 Å². The van der Waals surface area contributed by atoms with E-state index in [1.54, 1.807) is 0 Å². The maximum Gasteiger partial charge on any atom is 0.527 e. The Morgan fingerprint density at radius 2 is 2.19 bits per heavy atom. The van der Waals surface area contributed by atoms with Gasteiger partial charge in [0.15, 0.2) is 17.8 Å². The van der Waals surface area contributed by atoms with Crippen molar-refractivity contribution in [3.05, 3.63) is 17.5 Å². The van der Waals surface area contributed by atoms with Crippen LogP contribution in [-0.4, -0.2) is 28.4 Å². The first-order valence-corrected chi connectivity index (χ1v) is 5.62. The standard InChI is InChI=1S/C8H10NO6P/c1-5-8(11)6(4-10)7(3-9-5)15-16(12,13)14-2/h3-4,11H,1-2H3,(H,12,13). The summed E-state index contributed by atoms with van der Waals surface area (Å²) in [5.74, 6) is -0.714. The average molecular weight is 247 g/mol. The molecule has 1 heterocycles. The molecular formula is C8H10NO6P. The number of phosphoric ester groups is 1. The highest BCUT2D eigenvalue weighted by molar-refractivity contribution is 7.47. The number of nitrogens with zero attached hydrogens (tertiary/aromatic N) is 1. The number of aromatic hydroxyl groups is 1. The first kappa shape index (κ1) is 12.6. The van der Waals surface area contributed by atoms with Crippen LogP contribution < -0.4 is 4.52 Å². The molecule has 0 amide bonds. The number of aryl methyl sites for hydroxylation is 1. The Morgan fingerprint density at radius 1 is 1.56 bits per heavy atom. The maximum atomic E-state index is 11.1. The minimum atomic E-state index is -4.28. The summed E-state index contributed by atoms with van der Waals surface area (Å²) in [4.78, 5) is 23.4. The summed E-state index contributed by atoms with van der Waals surface area (Å²) in [6, 6.07) is 0. The highest BCUT2D eigenvalue weighted by atomic mass is 31.2. The summed E-state index contributed by atoms with van der Waals surface area (Å²) in [5.41, 5.74) is -0.0431. The van der Waals surface area contributed by atoms with Gasteiger partial charge in [-0.3, -0.25) is 19.2 Å². The van der Waals surface area contributed by atoms with Gasteiger partial charge in [0.25, 0.3) is 0 Å². The zero-order valence-electron chi connectivity index (χ0n) is 8.58. The van der Waals surface area contributed by atoms with Crippen LogP contribution in [0.15, 0.2) is 6.20 Å². The van der Waals surface area contributed by atoms with E-state index >= 15 is 0 Å². The molecule has 1 aromatic heterocycles. The van der Waals surface area contributed by atoms with E-state index in [9.17, 15) is 14.5 Å². The Hall–Kier alpha value is -1.43. The largest absolute Gasteiger partial charge is 0.527 e. The Morgan fingerprint density at radius 3 is 2.69 bits per heavy atom. The number of pyridine rings is 1. The molecule has 88 valence electrons. The van der Waals surface area contributed by atoms with Gasteiger partial charge >= 0.3 is 7.82 Å². The maximum absolute atomic E-state index is 11.1. The quantitative estimate of drug-likeness (QED) is 0.604. The fraction of sp³-hybridized carbons (Fsp3) is 0.250. The number of phosphoric acid groups is 1. The van der Waals surface area contributed by atoms with E-state index in [2.05, 4.69) is 14.0 Å². The minimum Gasteiger partial charge on any atom is -0.505 e. The highest BCUT2D eigenvalue weighted by Crippen LogP contribution is 2.44. The monoisotopic (exact) mass is 247 g/mol. The van der Waals surface area contributed by atoms with Gasteiger partial charge in [-0.15, -0.1) is 0 Å². The van der Waals surface area contributed by atoms with Crippen LogP contribution in [0.4, 0.5) is 0 Å². The van der Waals surface area contributed by atoms with E-state index in [0.717, 1.165) is 13.3 Å². The number of rotatable bonds is 4. The van der Waals surface area contributed by atoms with E-state index in [1.807, 2.05) is 0 Å². The second-order valence-electron chi connectivity index (χ2n) is 2.83. The average Bonchev–Trinajstić information content (AvgIpc) is 2.24. The Bertz CT molecular complexity index is 460. The first-order valence-electron chi connectivity index (χ1n) is 4.13. The molecule has 0 saturated carbocycles. The van der Waals surface area contributed by atoms with Gasteiger partial charge in [-0.2, -0.15) is 0 Å². The van der Waals surface area contributed by atoms with Crippen LogP contribution in [0.3, 0.4) is 0 Å². The number of carbonyl (C=O) groups excluding carboxylic acids is 1. The third-order valence-electron chi connectivity index (χ3n) is 1.80. The molecule has 8 heteroatoms. The lowest BCUT2D eigenvalue weighted by atomic mass is 10.2. The lowest BCUT2D eigenvalue weighted by Gasteiger charge is -2.12. The summed E-state index contributed by atoms with van der Waals surface area (Å²) >= 11 is 0. The molecule has 0 bridgehead atoms. The van der Waals surface area contributed by atoms with Gasteiger partial charge in [-0.25, -0.2) is 4.57 Å². The lowest BCUT2D eigenvalue weighted by Crippen LogP contribution is -1.99. The van der Waals surface area contributed by atoms with E-state index in [0.29, 0.717) is 6.29 Å². The van der Waals surface area contributed by atoms with Crippen LogP contribution in [0.5, 0.6) is 11.5 Å². The molecule has 0 aliphatic carbocycles. The van der Waals surface area contributed by atoms with Gasteiger partial charge < -0.3 is 9.63 Å². The first-order chi connectivity index (χ1) is 7.41. The van der Waals surface area contributed by atoms with Gasteiger partial charge in [0, 0.05) is 7.11 Å². The lowest BCUT2D eigenvalue weighted by molar-refractivity contribution is 0.111. The molecule has 0 fully saturated rings. The van der Waals surface area contributed by atoms with E-state index in [4.69, 9.17) is 4.89 Å². The molecule has 0 aliphatic heterocycles. The minimum absolute atomic E-state index is 0.208. The van der Waals surface area contributed by atoms with Crippen molar-refractivity contribution in [1.82, 2.24) is 4.98 Å². The van der Waals surface area contributed by atoms with E-state index in [1.165, 1.54) is 6.92 Å². The zero-order valence-corrected chi connectivity index (χ0v) is 9.47. The van der Waals surface area contributed by atoms with Crippen molar-refractivity contribution < 1.29 is 28.4 Å². The molecule has 1 aromatic rings. The second kappa shape index (κ2) is 4.61. The summed E-state index contributed by atoms with van der Waals surface area (Å²) in [5, 5.41) is 9.46. The van der Waals surface area contributed by atoms with Crippen molar-refractivity contribution in [1.29, 1.82) is 0 Å². The predicted molar refractivity (Wildman–Crippen MR) is 53.5 cm³/mol. The molecule has 0 radical (unpaired) electrons. The third-order valence-corrected chi connectivity index (χ3v) is 2.69. The molecule has 0 aromatic carbocycles. The van der Waals surface area contributed by atoms with Crippen LogP contribution in [0.25, 0.3) is 0 Å². The van der Waals surface area contributed by atoms with Crippen LogP contribution in [0.1, 0.15) is 16.1 Å². The summed E-state index contributed by atoms with van der Waals surface area (Å²) in [6.07, 6.45) is 1.36. The Labute approximate surface area is 91.3 Å². The van der Waals surface area contributed by atoms with Crippen molar-refractivity contribution in [3.8, 4) is 11.5 Å². The van der Waals surface area contributed by atoms with Crippen molar-refractivity contribution in [2.45, 2.75) is 6.92 Å². The van der Waals surface area contributed by atoms with Gasteiger partial charge in [0.2, 0.25) is 0 Å². The van der Waals surface area contributed by atoms with Crippen LogP contribution in [0.2, 0.25) is 0 Å². The zero-order chi connectivity index (χ0) is 12.3.